The van der Waals surface area contributed by atoms with E-state index >= 15 is 0 Å². The van der Waals surface area contributed by atoms with Gasteiger partial charge in [0.1, 0.15) is 17.4 Å². The van der Waals surface area contributed by atoms with Gasteiger partial charge in [0.05, 0.1) is 24.9 Å². The molecule has 1 atom stereocenters. The Morgan fingerprint density at radius 1 is 1.23 bits per heavy atom. The summed E-state index contributed by atoms with van der Waals surface area (Å²) in [6.45, 7) is 4.51. The highest BCUT2D eigenvalue weighted by molar-refractivity contribution is 5.94. The Hall–Kier alpha value is -3.55. The van der Waals surface area contributed by atoms with Gasteiger partial charge in [-0.25, -0.2) is 13.8 Å². The Balaban J connectivity index is 1.39. The van der Waals surface area contributed by atoms with Crippen molar-refractivity contribution in [2.45, 2.75) is 31.8 Å². The van der Waals surface area contributed by atoms with Gasteiger partial charge in [0.15, 0.2) is 0 Å². The van der Waals surface area contributed by atoms with Crippen LogP contribution in [0.15, 0.2) is 59.8 Å². The molecule has 1 aliphatic rings. The number of rotatable bonds is 7. The molecule has 0 radical (unpaired) electrons. The third kappa shape index (κ3) is 4.33. The number of nitrogens with zero attached hydrogens (tertiary/aromatic N) is 4. The lowest BCUT2D eigenvalue weighted by atomic mass is 10.0. The van der Waals surface area contributed by atoms with Crippen LogP contribution in [0.2, 0.25) is 0 Å². The number of aryl methyl sites for hydroxylation is 1. The lowest BCUT2D eigenvalue weighted by molar-refractivity contribution is -0.129. The molecule has 1 unspecified atom stereocenters. The Labute approximate surface area is 178 Å². The number of amides is 1. The van der Waals surface area contributed by atoms with E-state index in [1.807, 2.05) is 22.9 Å². The van der Waals surface area contributed by atoms with E-state index in [0.717, 1.165) is 22.7 Å². The molecule has 0 saturated carbocycles. The molecule has 1 aromatic heterocycles. The maximum absolute atomic E-state index is 13.6. The third-order valence-electron chi connectivity index (χ3n) is 5.31. The molecule has 8 heteroatoms. The fourth-order valence-corrected chi connectivity index (χ4v) is 3.72. The van der Waals surface area contributed by atoms with Gasteiger partial charge in [0, 0.05) is 42.3 Å². The van der Waals surface area contributed by atoms with Gasteiger partial charge in [-0.15, -0.1) is 0 Å². The van der Waals surface area contributed by atoms with Crippen molar-refractivity contribution >= 4 is 23.0 Å². The summed E-state index contributed by atoms with van der Waals surface area (Å²) in [7, 11) is 1.61. The molecule has 0 saturated heterocycles. The van der Waals surface area contributed by atoms with E-state index in [9.17, 15) is 13.6 Å². The Morgan fingerprint density at radius 3 is 2.74 bits per heavy atom. The molecule has 160 valence electrons. The SMILES string of the molecule is C=C(CCCn1ncc2ccc(OC)cc21)C(=O)N1N=CCC1c1cc(F)cc(F)c1. The van der Waals surface area contributed by atoms with Crippen molar-refractivity contribution in [3.63, 3.8) is 0 Å². The van der Waals surface area contributed by atoms with Crippen molar-refractivity contribution in [1.82, 2.24) is 14.8 Å². The maximum Gasteiger partial charge on any atom is 0.269 e. The number of ether oxygens (including phenoxy) is 1. The number of hydrazone groups is 1. The normalized spacial score (nSPS) is 15.6. The standard InChI is InChI=1S/C23H22F2N4O2/c1-15(4-3-9-28-22-13-20(31-2)6-5-16(22)14-27-28)23(30)29-21(7-8-26-29)17-10-18(24)12-19(25)11-17/h5-6,8,10-14,21H,1,3-4,7,9H2,2H3. The zero-order valence-corrected chi connectivity index (χ0v) is 17.1. The summed E-state index contributed by atoms with van der Waals surface area (Å²) in [5, 5.41) is 10.8. The second-order valence-electron chi connectivity index (χ2n) is 7.40. The lowest BCUT2D eigenvalue weighted by Gasteiger charge is -2.23. The zero-order chi connectivity index (χ0) is 22.0. The van der Waals surface area contributed by atoms with Crippen molar-refractivity contribution in [3.8, 4) is 5.75 Å². The van der Waals surface area contributed by atoms with Gasteiger partial charge in [-0.2, -0.15) is 10.2 Å². The highest BCUT2D eigenvalue weighted by Crippen LogP contribution is 2.31. The van der Waals surface area contributed by atoms with Crippen molar-refractivity contribution in [2.24, 2.45) is 5.10 Å². The second kappa shape index (κ2) is 8.67. The number of hydrogen-bond donors (Lipinski definition) is 0. The largest absolute Gasteiger partial charge is 0.497 e. The number of fused-ring (bicyclic) bond motifs is 1. The molecule has 3 aromatic rings. The molecule has 0 N–H and O–H groups in total. The van der Waals surface area contributed by atoms with Crippen LogP contribution in [0.4, 0.5) is 8.78 Å². The summed E-state index contributed by atoms with van der Waals surface area (Å²) in [4.78, 5) is 12.9. The molecular formula is C23H22F2N4O2. The highest BCUT2D eigenvalue weighted by atomic mass is 19.1. The summed E-state index contributed by atoms with van der Waals surface area (Å²) in [6, 6.07) is 8.46. The van der Waals surface area contributed by atoms with E-state index in [-0.39, 0.29) is 5.91 Å². The summed E-state index contributed by atoms with van der Waals surface area (Å²) >= 11 is 0. The molecule has 0 bridgehead atoms. The van der Waals surface area contributed by atoms with Crippen LogP contribution in [-0.4, -0.2) is 34.0 Å². The van der Waals surface area contributed by atoms with E-state index in [1.54, 1.807) is 19.5 Å². The quantitative estimate of drug-likeness (QED) is 0.520. The molecule has 0 aliphatic carbocycles. The first kappa shape index (κ1) is 20.7. The minimum Gasteiger partial charge on any atom is -0.497 e. The van der Waals surface area contributed by atoms with Crippen LogP contribution < -0.4 is 4.74 Å². The monoisotopic (exact) mass is 424 g/mol. The van der Waals surface area contributed by atoms with Crippen LogP contribution in [0, 0.1) is 11.6 Å². The summed E-state index contributed by atoms with van der Waals surface area (Å²) in [6.07, 6.45) is 4.84. The predicted molar refractivity (Wildman–Crippen MR) is 114 cm³/mol. The summed E-state index contributed by atoms with van der Waals surface area (Å²) in [5.74, 6) is -0.969. The molecule has 2 aromatic carbocycles. The Morgan fingerprint density at radius 2 is 2.00 bits per heavy atom. The van der Waals surface area contributed by atoms with Gasteiger partial charge in [0.2, 0.25) is 0 Å². The minimum absolute atomic E-state index is 0.351. The first-order valence-electron chi connectivity index (χ1n) is 9.95. The van der Waals surface area contributed by atoms with Gasteiger partial charge in [-0.3, -0.25) is 9.48 Å². The molecule has 1 aliphatic heterocycles. The molecule has 2 heterocycles. The summed E-state index contributed by atoms with van der Waals surface area (Å²) in [5.41, 5.74) is 1.71. The van der Waals surface area contributed by atoms with Gasteiger partial charge in [0.25, 0.3) is 5.91 Å². The number of halogens is 2. The van der Waals surface area contributed by atoms with Crippen LogP contribution in [0.3, 0.4) is 0 Å². The van der Waals surface area contributed by atoms with E-state index in [4.69, 9.17) is 4.74 Å². The fraction of sp³-hybridized carbons (Fsp3) is 0.261. The molecule has 1 amide bonds. The lowest BCUT2D eigenvalue weighted by Crippen LogP contribution is -2.28. The number of methoxy groups -OCH3 is 1. The number of carbonyl (C=O) groups is 1. The number of hydrogen-bond acceptors (Lipinski definition) is 4. The first-order chi connectivity index (χ1) is 15.0. The smallest absolute Gasteiger partial charge is 0.269 e. The third-order valence-corrected chi connectivity index (χ3v) is 5.31. The fourth-order valence-electron chi connectivity index (χ4n) is 3.72. The van der Waals surface area contributed by atoms with E-state index < -0.39 is 17.7 Å². The highest BCUT2D eigenvalue weighted by Gasteiger charge is 2.30. The van der Waals surface area contributed by atoms with Crippen LogP contribution in [-0.2, 0) is 11.3 Å². The van der Waals surface area contributed by atoms with Gasteiger partial charge in [-0.1, -0.05) is 6.58 Å². The minimum atomic E-state index is -0.684. The number of aromatic nitrogens is 2. The first-order valence-corrected chi connectivity index (χ1v) is 9.95. The van der Waals surface area contributed by atoms with Crippen LogP contribution in [0.5, 0.6) is 5.75 Å². The van der Waals surface area contributed by atoms with Gasteiger partial charge < -0.3 is 4.74 Å². The van der Waals surface area contributed by atoms with Crippen LogP contribution in [0.1, 0.15) is 30.9 Å². The average molecular weight is 424 g/mol. The van der Waals surface area contributed by atoms with Gasteiger partial charge in [-0.05, 0) is 42.7 Å². The zero-order valence-electron chi connectivity index (χ0n) is 17.1. The molecule has 31 heavy (non-hydrogen) atoms. The number of benzene rings is 2. The molecule has 0 fully saturated rings. The average Bonchev–Trinajstić information content (AvgIpc) is 3.39. The van der Waals surface area contributed by atoms with Crippen molar-refractivity contribution in [1.29, 1.82) is 0 Å². The number of carbonyl (C=O) groups excluding carboxylic acids is 1. The summed E-state index contributed by atoms with van der Waals surface area (Å²) < 4.78 is 34.4. The van der Waals surface area contributed by atoms with Crippen molar-refractivity contribution in [2.75, 3.05) is 7.11 Å². The molecular weight excluding hydrogens is 402 g/mol. The van der Waals surface area contributed by atoms with Crippen molar-refractivity contribution in [3.05, 3.63) is 71.9 Å². The van der Waals surface area contributed by atoms with E-state index in [2.05, 4.69) is 16.8 Å². The van der Waals surface area contributed by atoms with E-state index in [0.29, 0.717) is 36.9 Å². The molecule has 4 rings (SSSR count). The van der Waals surface area contributed by atoms with Crippen LogP contribution >= 0.6 is 0 Å². The van der Waals surface area contributed by atoms with Crippen molar-refractivity contribution < 1.29 is 18.3 Å². The van der Waals surface area contributed by atoms with Gasteiger partial charge >= 0.3 is 0 Å². The molecule has 0 spiro atoms. The Kier molecular flexibility index (Phi) is 5.79. The van der Waals surface area contributed by atoms with E-state index in [1.165, 1.54) is 17.1 Å². The predicted octanol–water partition coefficient (Wildman–Crippen LogP) is 4.62. The Bertz CT molecular complexity index is 1150. The second-order valence-corrected chi connectivity index (χ2v) is 7.40. The maximum atomic E-state index is 13.6. The topological polar surface area (TPSA) is 59.7 Å². The van der Waals surface area contributed by atoms with Crippen LogP contribution in [0.25, 0.3) is 10.9 Å². The molecule has 6 nitrogen and oxygen atoms in total.